The molecule has 0 fully saturated rings. The molecule has 4 heteroatoms. The van der Waals surface area contributed by atoms with E-state index in [4.69, 9.17) is 4.42 Å². The minimum absolute atomic E-state index is 0.122. The standard InChI is InChI=1S/C23H23NO3/c1-4-17-6-8-18(9-7-17)16(3)24-22(25)12-10-19-14-27-21-11-5-15(2)13-20(21)23(19)26/h5-14,16H,4H2,1-3H3,(H,24,25)/b12-10+. The van der Waals surface area contributed by atoms with Crippen LogP contribution in [-0.2, 0) is 11.2 Å². The van der Waals surface area contributed by atoms with Crippen molar-refractivity contribution >= 4 is 23.0 Å². The highest BCUT2D eigenvalue weighted by Crippen LogP contribution is 2.15. The lowest BCUT2D eigenvalue weighted by Crippen LogP contribution is -2.24. The van der Waals surface area contributed by atoms with Crippen LogP contribution in [-0.4, -0.2) is 5.91 Å². The van der Waals surface area contributed by atoms with Gasteiger partial charge in [0.15, 0.2) is 5.43 Å². The molecule has 0 saturated carbocycles. The highest BCUT2D eigenvalue weighted by Gasteiger charge is 2.09. The molecule has 1 N–H and O–H groups in total. The Kier molecular flexibility index (Phi) is 5.55. The Balaban J connectivity index is 1.73. The number of nitrogens with one attached hydrogen (secondary N) is 1. The van der Waals surface area contributed by atoms with Crippen molar-refractivity contribution in [2.75, 3.05) is 0 Å². The van der Waals surface area contributed by atoms with E-state index in [2.05, 4.69) is 24.4 Å². The monoisotopic (exact) mass is 361 g/mol. The third kappa shape index (κ3) is 4.34. The predicted molar refractivity (Wildman–Crippen MR) is 109 cm³/mol. The first-order valence-electron chi connectivity index (χ1n) is 9.07. The van der Waals surface area contributed by atoms with Gasteiger partial charge < -0.3 is 9.73 Å². The normalized spacial score (nSPS) is 12.4. The van der Waals surface area contributed by atoms with Crippen molar-refractivity contribution in [2.45, 2.75) is 33.2 Å². The van der Waals surface area contributed by atoms with Crippen LogP contribution in [0.15, 0.2) is 64.0 Å². The second kappa shape index (κ2) is 8.04. The molecule has 1 heterocycles. The van der Waals surface area contributed by atoms with E-state index < -0.39 is 0 Å². The van der Waals surface area contributed by atoms with Gasteiger partial charge in [0, 0.05) is 6.08 Å². The second-order valence-electron chi connectivity index (χ2n) is 6.68. The van der Waals surface area contributed by atoms with Crippen LogP contribution in [0.5, 0.6) is 0 Å². The summed E-state index contributed by atoms with van der Waals surface area (Å²) in [7, 11) is 0. The Hall–Kier alpha value is -3.14. The summed E-state index contributed by atoms with van der Waals surface area (Å²) in [5.41, 5.74) is 4.02. The molecule has 1 aromatic heterocycles. The summed E-state index contributed by atoms with van der Waals surface area (Å²) in [4.78, 5) is 24.8. The Morgan fingerprint density at radius 1 is 1.19 bits per heavy atom. The molecule has 3 rings (SSSR count). The Labute approximate surface area is 158 Å². The topological polar surface area (TPSA) is 59.3 Å². The van der Waals surface area contributed by atoms with Crippen LogP contribution < -0.4 is 10.7 Å². The second-order valence-corrected chi connectivity index (χ2v) is 6.68. The summed E-state index contributed by atoms with van der Waals surface area (Å²) in [6.07, 6.45) is 5.23. The zero-order valence-electron chi connectivity index (χ0n) is 15.8. The number of carbonyl (C=O) groups is 1. The van der Waals surface area contributed by atoms with E-state index in [1.54, 1.807) is 12.1 Å². The fraction of sp³-hybridized carbons (Fsp3) is 0.217. The predicted octanol–water partition coefficient (Wildman–Crippen LogP) is 4.55. The van der Waals surface area contributed by atoms with Gasteiger partial charge in [-0.05, 0) is 49.6 Å². The number of rotatable bonds is 5. The van der Waals surface area contributed by atoms with Crippen molar-refractivity contribution in [3.8, 4) is 0 Å². The molecule has 0 spiro atoms. The molecule has 2 aromatic carbocycles. The third-order valence-corrected chi connectivity index (χ3v) is 4.62. The van der Waals surface area contributed by atoms with Gasteiger partial charge in [0.25, 0.3) is 0 Å². The molecule has 0 radical (unpaired) electrons. The molecule has 138 valence electrons. The lowest BCUT2D eigenvalue weighted by molar-refractivity contribution is -0.117. The minimum Gasteiger partial charge on any atom is -0.463 e. The summed E-state index contributed by atoms with van der Waals surface area (Å²) in [6.45, 7) is 5.96. The van der Waals surface area contributed by atoms with Crippen LogP contribution in [0.3, 0.4) is 0 Å². The number of aryl methyl sites for hydroxylation is 2. The molecule has 1 unspecified atom stereocenters. The van der Waals surface area contributed by atoms with Crippen molar-refractivity contribution < 1.29 is 9.21 Å². The lowest BCUT2D eigenvalue weighted by atomic mass is 10.0. The summed E-state index contributed by atoms with van der Waals surface area (Å²) >= 11 is 0. The number of fused-ring (bicyclic) bond motifs is 1. The van der Waals surface area contributed by atoms with Crippen molar-refractivity contribution in [3.63, 3.8) is 0 Å². The molecular formula is C23H23NO3. The number of benzene rings is 2. The lowest BCUT2D eigenvalue weighted by Gasteiger charge is -2.13. The molecule has 3 aromatic rings. The summed E-state index contributed by atoms with van der Waals surface area (Å²) < 4.78 is 5.50. The van der Waals surface area contributed by atoms with Crippen LogP contribution in [0.1, 0.15) is 42.1 Å². The average Bonchev–Trinajstić information content (AvgIpc) is 2.68. The first-order valence-corrected chi connectivity index (χ1v) is 9.07. The van der Waals surface area contributed by atoms with Gasteiger partial charge >= 0.3 is 0 Å². The van der Waals surface area contributed by atoms with E-state index in [1.807, 2.05) is 32.0 Å². The van der Waals surface area contributed by atoms with Gasteiger partial charge in [-0.2, -0.15) is 0 Å². The molecule has 27 heavy (non-hydrogen) atoms. The molecular weight excluding hydrogens is 338 g/mol. The average molecular weight is 361 g/mol. The van der Waals surface area contributed by atoms with Gasteiger partial charge in [0.1, 0.15) is 11.8 Å². The smallest absolute Gasteiger partial charge is 0.244 e. The highest BCUT2D eigenvalue weighted by atomic mass is 16.3. The maximum atomic E-state index is 12.6. The molecule has 0 bridgehead atoms. The van der Waals surface area contributed by atoms with Gasteiger partial charge in [0.05, 0.1) is 17.0 Å². The van der Waals surface area contributed by atoms with Gasteiger partial charge in [-0.3, -0.25) is 9.59 Å². The van der Waals surface area contributed by atoms with Crippen molar-refractivity contribution in [1.82, 2.24) is 5.32 Å². The van der Waals surface area contributed by atoms with Crippen LogP contribution in [0, 0.1) is 6.92 Å². The van der Waals surface area contributed by atoms with E-state index >= 15 is 0 Å². The molecule has 0 aliphatic heterocycles. The van der Waals surface area contributed by atoms with Gasteiger partial charge in [-0.1, -0.05) is 42.8 Å². The van der Waals surface area contributed by atoms with Gasteiger partial charge in [-0.15, -0.1) is 0 Å². The number of hydrogen-bond donors (Lipinski definition) is 1. The minimum atomic E-state index is -0.259. The maximum absolute atomic E-state index is 12.6. The third-order valence-electron chi connectivity index (χ3n) is 4.62. The van der Waals surface area contributed by atoms with Crippen LogP contribution in [0.4, 0.5) is 0 Å². The van der Waals surface area contributed by atoms with E-state index in [1.165, 1.54) is 24.0 Å². The van der Waals surface area contributed by atoms with Crippen LogP contribution in [0.25, 0.3) is 17.0 Å². The highest BCUT2D eigenvalue weighted by molar-refractivity contribution is 5.92. The largest absolute Gasteiger partial charge is 0.463 e. The summed E-state index contributed by atoms with van der Waals surface area (Å²) in [5.74, 6) is -0.259. The first kappa shape index (κ1) is 18.6. The fourth-order valence-corrected chi connectivity index (χ4v) is 2.93. The van der Waals surface area contributed by atoms with E-state index in [9.17, 15) is 9.59 Å². The van der Waals surface area contributed by atoms with Crippen LogP contribution >= 0.6 is 0 Å². The fourth-order valence-electron chi connectivity index (χ4n) is 2.93. The van der Waals surface area contributed by atoms with Crippen LogP contribution in [0.2, 0.25) is 0 Å². The molecule has 4 nitrogen and oxygen atoms in total. The Morgan fingerprint density at radius 2 is 1.93 bits per heavy atom. The SMILES string of the molecule is CCc1ccc(C(C)NC(=O)/C=C/c2coc3ccc(C)cc3c2=O)cc1. The maximum Gasteiger partial charge on any atom is 0.244 e. The molecule has 1 atom stereocenters. The van der Waals surface area contributed by atoms with Crippen molar-refractivity contribution in [1.29, 1.82) is 0 Å². The van der Waals surface area contributed by atoms with Crippen molar-refractivity contribution in [2.24, 2.45) is 0 Å². The Morgan fingerprint density at radius 3 is 2.63 bits per heavy atom. The molecule has 0 aliphatic carbocycles. The quantitative estimate of drug-likeness (QED) is 0.678. The van der Waals surface area contributed by atoms with E-state index in [0.717, 1.165) is 17.5 Å². The van der Waals surface area contributed by atoms with Crippen molar-refractivity contribution in [3.05, 3.63) is 87.3 Å². The molecule has 1 amide bonds. The van der Waals surface area contributed by atoms with Gasteiger partial charge in [0.2, 0.25) is 5.91 Å². The molecule has 0 aliphatic rings. The van der Waals surface area contributed by atoms with Gasteiger partial charge in [-0.25, -0.2) is 0 Å². The first-order chi connectivity index (χ1) is 13.0. The zero-order valence-corrected chi connectivity index (χ0v) is 15.8. The molecule has 0 saturated heterocycles. The number of hydrogen-bond acceptors (Lipinski definition) is 3. The zero-order chi connectivity index (χ0) is 19.4. The number of amides is 1. The summed E-state index contributed by atoms with van der Waals surface area (Å²) in [5, 5.41) is 3.43. The van der Waals surface area contributed by atoms with E-state index in [-0.39, 0.29) is 17.4 Å². The Bertz CT molecular complexity index is 1050. The number of carbonyl (C=O) groups excluding carboxylic acids is 1. The van der Waals surface area contributed by atoms with E-state index in [0.29, 0.717) is 16.5 Å². The summed E-state index contributed by atoms with van der Waals surface area (Å²) in [6, 6.07) is 13.5.